The highest BCUT2D eigenvalue weighted by atomic mass is 16.6. The molecular weight excluding hydrogens is 338 g/mol. The summed E-state index contributed by atoms with van der Waals surface area (Å²) in [6.07, 6.45) is 4.18. The van der Waals surface area contributed by atoms with E-state index >= 15 is 0 Å². The lowest BCUT2D eigenvalue weighted by Crippen LogP contribution is -2.46. The van der Waals surface area contributed by atoms with Crippen molar-refractivity contribution in [3.8, 4) is 0 Å². The average Bonchev–Trinajstić information content (AvgIpc) is 2.71. The second-order valence-electron chi connectivity index (χ2n) is 7.17. The first kappa shape index (κ1) is 20.2. The topological polar surface area (TPSA) is 82.1 Å². The number of fused-ring (bicyclic) bond motifs is 2. The Morgan fingerprint density at radius 1 is 0.962 bits per heavy atom. The smallest absolute Gasteiger partial charge is 0.333 e. The van der Waals surface area contributed by atoms with Gasteiger partial charge in [0.05, 0.1) is 13.2 Å². The lowest BCUT2D eigenvalue weighted by atomic mass is 10.0. The lowest BCUT2D eigenvalue weighted by Gasteiger charge is -2.36. The predicted octanol–water partition coefficient (Wildman–Crippen LogP) is 1.76. The van der Waals surface area contributed by atoms with E-state index in [-0.39, 0.29) is 35.8 Å². The molecule has 2 bridgehead atoms. The molecule has 0 aliphatic carbocycles. The van der Waals surface area contributed by atoms with Crippen LogP contribution in [0.4, 0.5) is 0 Å². The Hall–Kier alpha value is -2.15. The maximum atomic E-state index is 12.0. The van der Waals surface area contributed by atoms with Crippen molar-refractivity contribution in [2.75, 3.05) is 14.2 Å². The fraction of sp³-hybridized carbons (Fsp3) is 0.632. The molecule has 2 saturated heterocycles. The van der Waals surface area contributed by atoms with Gasteiger partial charge in [0.25, 0.3) is 0 Å². The Labute approximate surface area is 154 Å². The second-order valence-corrected chi connectivity index (χ2v) is 7.17. The minimum atomic E-state index is -0.559. The normalized spacial score (nSPS) is 28.3. The third kappa shape index (κ3) is 4.94. The summed E-state index contributed by atoms with van der Waals surface area (Å²) in [5.41, 5.74) is 1.09. The molecule has 0 saturated carbocycles. The number of hydrogen-bond donors (Lipinski definition) is 0. The van der Waals surface area contributed by atoms with Crippen molar-refractivity contribution >= 4 is 17.9 Å². The Morgan fingerprint density at radius 2 is 1.62 bits per heavy atom. The molecule has 0 spiro atoms. The van der Waals surface area contributed by atoms with E-state index in [1.807, 2.05) is 20.9 Å². The third-order valence-electron chi connectivity index (χ3n) is 4.87. The zero-order chi connectivity index (χ0) is 19.4. The van der Waals surface area contributed by atoms with E-state index in [1.54, 1.807) is 0 Å². The molecule has 2 heterocycles. The number of esters is 3. The quantitative estimate of drug-likeness (QED) is 0.417. The Kier molecular flexibility index (Phi) is 6.58. The fourth-order valence-corrected chi connectivity index (χ4v) is 3.61. The summed E-state index contributed by atoms with van der Waals surface area (Å²) in [5.74, 6) is -1.45. The van der Waals surface area contributed by atoms with Crippen LogP contribution in [-0.2, 0) is 28.6 Å². The van der Waals surface area contributed by atoms with Gasteiger partial charge in [-0.05, 0) is 27.8 Å². The molecule has 0 aromatic heterocycles. The van der Waals surface area contributed by atoms with E-state index in [0.717, 1.165) is 18.1 Å². The number of allylic oxidation sites excluding steroid dienone is 1. The van der Waals surface area contributed by atoms with Gasteiger partial charge < -0.3 is 14.2 Å². The largest absolute Gasteiger partial charge is 0.466 e. The maximum absolute atomic E-state index is 12.0. The number of hydrogen-bond acceptors (Lipinski definition) is 7. The fourth-order valence-electron chi connectivity index (χ4n) is 3.61. The van der Waals surface area contributed by atoms with E-state index in [9.17, 15) is 14.4 Å². The van der Waals surface area contributed by atoms with Crippen molar-refractivity contribution < 1.29 is 28.6 Å². The molecule has 7 heteroatoms. The zero-order valence-electron chi connectivity index (χ0n) is 16.0. The summed E-state index contributed by atoms with van der Waals surface area (Å²) in [6, 6.07) is 0.216. The van der Waals surface area contributed by atoms with Gasteiger partial charge in [-0.2, -0.15) is 0 Å². The summed E-state index contributed by atoms with van der Waals surface area (Å²) in [5, 5.41) is 0. The van der Waals surface area contributed by atoms with Gasteiger partial charge in [-0.15, -0.1) is 0 Å². The van der Waals surface area contributed by atoms with Crippen LogP contribution in [0.25, 0.3) is 0 Å². The first-order chi connectivity index (χ1) is 12.2. The molecule has 2 fully saturated rings. The minimum Gasteiger partial charge on any atom is -0.466 e. The predicted molar refractivity (Wildman–Crippen MR) is 94.2 cm³/mol. The van der Waals surface area contributed by atoms with Crippen molar-refractivity contribution in [1.82, 2.24) is 4.90 Å². The van der Waals surface area contributed by atoms with Gasteiger partial charge >= 0.3 is 17.9 Å². The molecule has 2 unspecified atom stereocenters. The van der Waals surface area contributed by atoms with E-state index < -0.39 is 11.9 Å². The Morgan fingerprint density at radius 3 is 2.23 bits per heavy atom. The Balaban J connectivity index is 1.96. The molecule has 4 atom stereocenters. The van der Waals surface area contributed by atoms with Gasteiger partial charge in [-0.25, -0.2) is 14.4 Å². The monoisotopic (exact) mass is 365 g/mol. The summed E-state index contributed by atoms with van der Waals surface area (Å²) in [4.78, 5) is 37.5. The van der Waals surface area contributed by atoms with Crippen LogP contribution >= 0.6 is 0 Å². The first-order valence-corrected chi connectivity index (χ1v) is 8.76. The maximum Gasteiger partial charge on any atom is 0.333 e. The van der Waals surface area contributed by atoms with E-state index in [2.05, 4.69) is 9.64 Å². The zero-order valence-corrected chi connectivity index (χ0v) is 16.0. The van der Waals surface area contributed by atoms with Crippen molar-refractivity contribution in [3.05, 3.63) is 23.3 Å². The van der Waals surface area contributed by atoms with Crippen molar-refractivity contribution in [1.29, 1.82) is 0 Å². The van der Waals surface area contributed by atoms with E-state index in [0.29, 0.717) is 12.8 Å². The summed E-state index contributed by atoms with van der Waals surface area (Å²) in [7, 11) is 3.26. The van der Waals surface area contributed by atoms with E-state index in [1.165, 1.54) is 20.1 Å². The SMILES string of the molecule is COC(=O)/C(C)=C/C(=O)O[C@H]1CC2C[C@@H](OC(=O)C=C(C)C)C(C1)N2C. The molecule has 2 aliphatic rings. The molecule has 0 radical (unpaired) electrons. The number of piperidine rings is 1. The number of methoxy groups -OCH3 is 1. The molecule has 2 aliphatic heterocycles. The molecule has 26 heavy (non-hydrogen) atoms. The average molecular weight is 365 g/mol. The third-order valence-corrected chi connectivity index (χ3v) is 4.87. The molecule has 0 aromatic rings. The van der Waals surface area contributed by atoms with Crippen LogP contribution < -0.4 is 0 Å². The van der Waals surface area contributed by atoms with Crippen LogP contribution in [0, 0.1) is 0 Å². The highest BCUT2D eigenvalue weighted by molar-refractivity contribution is 5.95. The van der Waals surface area contributed by atoms with Crippen LogP contribution in [0.2, 0.25) is 0 Å². The van der Waals surface area contributed by atoms with Crippen LogP contribution in [0.3, 0.4) is 0 Å². The van der Waals surface area contributed by atoms with Gasteiger partial charge in [0.2, 0.25) is 0 Å². The highest BCUT2D eigenvalue weighted by Crippen LogP contribution is 2.37. The molecule has 2 rings (SSSR count). The summed E-state index contributed by atoms with van der Waals surface area (Å²) >= 11 is 0. The van der Waals surface area contributed by atoms with Crippen LogP contribution in [0.1, 0.15) is 40.0 Å². The Bertz CT molecular complexity index is 634. The molecule has 144 valence electrons. The summed E-state index contributed by atoms with van der Waals surface area (Å²) in [6.45, 7) is 5.20. The van der Waals surface area contributed by atoms with Crippen molar-refractivity contribution in [3.63, 3.8) is 0 Å². The number of ether oxygens (including phenoxy) is 3. The van der Waals surface area contributed by atoms with Crippen LogP contribution in [0.15, 0.2) is 23.3 Å². The van der Waals surface area contributed by atoms with Gasteiger partial charge in [0.1, 0.15) is 12.2 Å². The number of carbonyl (C=O) groups excluding carboxylic acids is 3. The number of rotatable bonds is 5. The van der Waals surface area contributed by atoms with Gasteiger partial charge in [-0.1, -0.05) is 5.57 Å². The standard InChI is InChI=1S/C19H27NO6/c1-11(2)6-17(21)26-16-9-13-8-14(10-15(16)20(13)4)25-18(22)7-12(3)19(23)24-5/h6-7,13-16H,8-10H2,1-5H3/b12-7+/t13?,14-,15?,16+/m0/s1. The number of likely N-dealkylation sites (N-methyl/N-ethyl adjacent to an activating group) is 1. The molecule has 0 amide bonds. The number of nitrogens with zero attached hydrogens (tertiary/aromatic N) is 1. The van der Waals surface area contributed by atoms with Gasteiger partial charge in [0, 0.05) is 43.0 Å². The second kappa shape index (κ2) is 8.49. The molecule has 0 N–H and O–H groups in total. The molecular formula is C19H27NO6. The number of carbonyl (C=O) groups is 3. The van der Waals surface area contributed by atoms with Gasteiger partial charge in [0.15, 0.2) is 0 Å². The van der Waals surface area contributed by atoms with Crippen molar-refractivity contribution in [2.24, 2.45) is 0 Å². The van der Waals surface area contributed by atoms with Gasteiger partial charge in [-0.3, -0.25) is 4.90 Å². The lowest BCUT2D eigenvalue weighted by molar-refractivity contribution is -0.150. The summed E-state index contributed by atoms with van der Waals surface area (Å²) < 4.78 is 15.7. The molecule has 7 nitrogen and oxygen atoms in total. The van der Waals surface area contributed by atoms with Crippen LogP contribution in [0.5, 0.6) is 0 Å². The van der Waals surface area contributed by atoms with Crippen LogP contribution in [-0.4, -0.2) is 61.3 Å². The van der Waals surface area contributed by atoms with E-state index in [4.69, 9.17) is 9.47 Å². The minimum absolute atomic E-state index is 0.0201. The van der Waals surface area contributed by atoms with Crippen molar-refractivity contribution in [2.45, 2.75) is 64.3 Å². The first-order valence-electron chi connectivity index (χ1n) is 8.76. The molecule has 0 aromatic carbocycles. The highest BCUT2D eigenvalue weighted by Gasteiger charge is 2.47.